The van der Waals surface area contributed by atoms with Gasteiger partial charge < -0.3 is 5.32 Å². The van der Waals surface area contributed by atoms with E-state index in [-0.39, 0.29) is 23.9 Å². The average Bonchev–Trinajstić information content (AvgIpc) is 0.918. The average molecular weight is 164 g/mol. The summed E-state index contributed by atoms with van der Waals surface area (Å²) >= 11 is 0. The second kappa shape index (κ2) is 9.25. The van der Waals surface area contributed by atoms with Gasteiger partial charge in [-0.05, 0) is 14.1 Å². The number of hydrogen-bond donors (Lipinski definition) is 1. The fourth-order valence-corrected chi connectivity index (χ4v) is 0. The van der Waals surface area contributed by atoms with E-state index in [1.165, 1.54) is 0 Å². The van der Waals surface area contributed by atoms with Crippen LogP contribution in [0.2, 0.25) is 0 Å². The molecule has 0 spiro atoms. The van der Waals surface area contributed by atoms with Crippen LogP contribution in [-0.4, -0.2) is 38.0 Å². The maximum absolute atomic E-state index is 2.75. The quantitative estimate of drug-likeness (QED) is 0.473. The van der Waals surface area contributed by atoms with Crippen LogP contribution in [0.5, 0.6) is 0 Å². The van der Waals surface area contributed by atoms with Crippen molar-refractivity contribution in [2.75, 3.05) is 14.1 Å². The molecule has 0 saturated heterocycles. The zero-order valence-electron chi connectivity index (χ0n) is 3.00. The van der Waals surface area contributed by atoms with Gasteiger partial charge in [-0.3, -0.25) is 0 Å². The molecule has 0 fully saturated rings. The van der Waals surface area contributed by atoms with Crippen molar-refractivity contribution in [3.05, 3.63) is 0 Å². The molecule has 0 amide bonds. The minimum absolute atomic E-state index is 0. The molecule has 0 aliphatic rings. The minimum atomic E-state index is 0. The van der Waals surface area contributed by atoms with E-state index >= 15 is 0 Å². The molecule has 24 valence electrons. The Morgan fingerprint density at radius 2 is 1.25 bits per heavy atom. The minimum Gasteiger partial charge on any atom is -0.323 e. The van der Waals surface area contributed by atoms with Crippen molar-refractivity contribution in [1.29, 1.82) is 0 Å². The van der Waals surface area contributed by atoms with Crippen LogP contribution in [0.25, 0.3) is 0 Å². The van der Waals surface area contributed by atoms with E-state index in [1.807, 2.05) is 14.1 Å². The summed E-state index contributed by atoms with van der Waals surface area (Å²) in [6.07, 6.45) is 0. The molecule has 1 nitrogen and oxygen atoms in total. The maximum Gasteiger partial charge on any atom is 0 e. The first kappa shape index (κ1) is 8.83. The molecular weight excluding hydrogens is 157 g/mol. The molecule has 0 aliphatic carbocycles. The van der Waals surface area contributed by atoms with Crippen LogP contribution in [0.4, 0.5) is 0 Å². The Hall–Kier alpha value is 0.759. The molecule has 4 heavy (non-hydrogen) atoms. The topological polar surface area (TPSA) is 12.0 Å². The Morgan fingerprint density at radius 3 is 1.25 bits per heavy atom. The van der Waals surface area contributed by atoms with Gasteiger partial charge in [0.1, 0.15) is 0 Å². The van der Waals surface area contributed by atoms with Gasteiger partial charge in [-0.25, -0.2) is 0 Å². The van der Waals surface area contributed by atoms with Crippen molar-refractivity contribution in [1.82, 2.24) is 5.32 Å². The number of rotatable bonds is 0. The van der Waals surface area contributed by atoms with Crippen molar-refractivity contribution in [3.63, 3.8) is 0 Å². The number of hydrogen-bond acceptors (Lipinski definition) is 1. The summed E-state index contributed by atoms with van der Waals surface area (Å²) in [7, 11) is 3.75. The van der Waals surface area contributed by atoms with Crippen LogP contribution in [0.3, 0.4) is 0 Å². The molecule has 0 rings (SSSR count). The zero-order chi connectivity index (χ0) is 2.71. The molecule has 0 aromatic rings. The Labute approximate surface area is 43.7 Å². The molecule has 0 aliphatic heterocycles. The standard InChI is InChI=1S/C2H7N.Sn/c1-3-2;/h3H,1-2H3;. The van der Waals surface area contributed by atoms with Gasteiger partial charge in [0, 0.05) is 23.9 Å². The van der Waals surface area contributed by atoms with Crippen LogP contribution in [0.15, 0.2) is 0 Å². The summed E-state index contributed by atoms with van der Waals surface area (Å²) in [5.41, 5.74) is 0. The van der Waals surface area contributed by atoms with Gasteiger partial charge in [0.15, 0.2) is 0 Å². The third kappa shape index (κ3) is 14.8. The van der Waals surface area contributed by atoms with Crippen LogP contribution in [0.1, 0.15) is 0 Å². The van der Waals surface area contributed by atoms with E-state index < -0.39 is 0 Å². The SMILES string of the molecule is CNC.[Sn]. The van der Waals surface area contributed by atoms with Gasteiger partial charge in [0.25, 0.3) is 0 Å². The summed E-state index contributed by atoms with van der Waals surface area (Å²) < 4.78 is 0. The first-order valence-electron chi connectivity index (χ1n) is 1.00. The first-order valence-corrected chi connectivity index (χ1v) is 1.00. The Morgan fingerprint density at radius 1 is 1.25 bits per heavy atom. The normalized spacial score (nSPS) is 4.50. The molecule has 0 unspecified atom stereocenters. The maximum atomic E-state index is 2.75. The fraction of sp³-hybridized carbons (Fsp3) is 1.00. The molecule has 0 bridgehead atoms. The van der Waals surface area contributed by atoms with E-state index in [4.69, 9.17) is 0 Å². The van der Waals surface area contributed by atoms with Gasteiger partial charge in [-0.15, -0.1) is 0 Å². The summed E-state index contributed by atoms with van der Waals surface area (Å²) in [6, 6.07) is 0. The van der Waals surface area contributed by atoms with Crippen LogP contribution >= 0.6 is 0 Å². The van der Waals surface area contributed by atoms with Gasteiger partial charge in [0.05, 0.1) is 0 Å². The molecule has 0 atom stereocenters. The van der Waals surface area contributed by atoms with Crippen LogP contribution < -0.4 is 5.32 Å². The van der Waals surface area contributed by atoms with E-state index in [9.17, 15) is 0 Å². The molecule has 1 N–H and O–H groups in total. The molecule has 0 heterocycles. The fourth-order valence-electron chi connectivity index (χ4n) is 0. The van der Waals surface area contributed by atoms with Gasteiger partial charge in [-0.1, -0.05) is 0 Å². The number of nitrogens with one attached hydrogen (secondary N) is 1. The summed E-state index contributed by atoms with van der Waals surface area (Å²) in [5.74, 6) is 0. The van der Waals surface area contributed by atoms with E-state index in [1.54, 1.807) is 0 Å². The summed E-state index contributed by atoms with van der Waals surface area (Å²) in [4.78, 5) is 0. The molecule has 0 aromatic carbocycles. The van der Waals surface area contributed by atoms with E-state index in [0.29, 0.717) is 0 Å². The Bertz CT molecular complexity index is 6.00. The predicted octanol–water partition coefficient (Wildman–Crippen LogP) is -0.545. The zero-order valence-corrected chi connectivity index (χ0v) is 5.85. The Balaban J connectivity index is 0. The van der Waals surface area contributed by atoms with Gasteiger partial charge in [0.2, 0.25) is 0 Å². The van der Waals surface area contributed by atoms with Gasteiger partial charge in [-0.2, -0.15) is 0 Å². The second-order valence-electron chi connectivity index (χ2n) is 0.500. The second-order valence-corrected chi connectivity index (χ2v) is 0.500. The summed E-state index contributed by atoms with van der Waals surface area (Å²) in [6.45, 7) is 0. The third-order valence-electron chi connectivity index (χ3n) is 0. The van der Waals surface area contributed by atoms with E-state index in [2.05, 4.69) is 5.32 Å². The molecule has 2 heteroatoms. The molecule has 0 saturated carbocycles. The molecular formula is C2H7NSn. The smallest absolute Gasteiger partial charge is 0 e. The van der Waals surface area contributed by atoms with Crippen LogP contribution in [0, 0.1) is 0 Å². The summed E-state index contributed by atoms with van der Waals surface area (Å²) in [5, 5.41) is 2.75. The predicted molar refractivity (Wildman–Crippen MR) is 20.7 cm³/mol. The third-order valence-corrected chi connectivity index (χ3v) is 0. The monoisotopic (exact) mass is 165 g/mol. The van der Waals surface area contributed by atoms with Crippen molar-refractivity contribution >= 4 is 23.9 Å². The van der Waals surface area contributed by atoms with Gasteiger partial charge >= 0.3 is 0 Å². The van der Waals surface area contributed by atoms with Crippen molar-refractivity contribution in [2.24, 2.45) is 0 Å². The Kier molecular flexibility index (Phi) is 20.4. The molecule has 0 aromatic heterocycles. The van der Waals surface area contributed by atoms with Crippen molar-refractivity contribution in [2.45, 2.75) is 0 Å². The first-order chi connectivity index (χ1) is 1.41. The largest absolute Gasteiger partial charge is 0.323 e. The van der Waals surface area contributed by atoms with Crippen LogP contribution in [-0.2, 0) is 0 Å². The van der Waals surface area contributed by atoms with Crippen molar-refractivity contribution in [3.8, 4) is 0 Å². The molecule has 4 radical (unpaired) electrons. The van der Waals surface area contributed by atoms with Crippen molar-refractivity contribution < 1.29 is 0 Å². The van der Waals surface area contributed by atoms with E-state index in [0.717, 1.165) is 0 Å².